The number of nitrogens with zero attached hydrogens (tertiary/aromatic N) is 2. The molecule has 1 amide bonds. The summed E-state index contributed by atoms with van der Waals surface area (Å²) in [6.45, 7) is 12.0. The number of carbonyl (C=O) groups is 1. The zero-order chi connectivity index (χ0) is 16.3. The Hall–Kier alpha value is -0.810. The maximum atomic E-state index is 12.3. The highest BCUT2D eigenvalue weighted by atomic mass is 16.6. The van der Waals surface area contributed by atoms with E-state index in [1.807, 2.05) is 25.7 Å². The van der Waals surface area contributed by atoms with Gasteiger partial charge in [0.15, 0.2) is 0 Å². The first-order valence-electron chi connectivity index (χ1n) is 8.79. The Balaban J connectivity index is 1.87. The largest absolute Gasteiger partial charge is 0.444 e. The lowest BCUT2D eigenvalue weighted by Crippen LogP contribution is -2.55. The Morgan fingerprint density at radius 2 is 1.77 bits per heavy atom. The molecule has 0 aromatic heterocycles. The number of hydrogen-bond donors (Lipinski definition) is 1. The molecule has 3 atom stereocenters. The molecule has 2 aliphatic heterocycles. The Morgan fingerprint density at radius 3 is 2.36 bits per heavy atom. The first-order valence-corrected chi connectivity index (χ1v) is 8.79. The van der Waals surface area contributed by atoms with Gasteiger partial charge in [-0.15, -0.1) is 0 Å². The van der Waals surface area contributed by atoms with E-state index in [-0.39, 0.29) is 12.1 Å². The van der Waals surface area contributed by atoms with Crippen molar-refractivity contribution in [2.24, 2.45) is 0 Å². The van der Waals surface area contributed by atoms with E-state index in [9.17, 15) is 4.79 Å². The Bertz CT molecular complexity index is 371. The van der Waals surface area contributed by atoms with E-state index in [1.165, 1.54) is 19.3 Å². The highest BCUT2D eigenvalue weighted by molar-refractivity contribution is 5.69. The van der Waals surface area contributed by atoms with Crippen LogP contribution >= 0.6 is 0 Å². The minimum Gasteiger partial charge on any atom is -0.444 e. The van der Waals surface area contributed by atoms with Crippen LogP contribution in [0.25, 0.3) is 0 Å². The van der Waals surface area contributed by atoms with Crippen molar-refractivity contribution in [2.75, 3.05) is 13.1 Å². The summed E-state index contributed by atoms with van der Waals surface area (Å²) in [5, 5.41) is 2.38. The number of ether oxygens (including phenoxy) is 1. The molecule has 0 aromatic carbocycles. The lowest BCUT2D eigenvalue weighted by Gasteiger charge is -2.40. The van der Waals surface area contributed by atoms with E-state index in [0.717, 1.165) is 25.9 Å². The van der Waals surface area contributed by atoms with Gasteiger partial charge in [0.2, 0.25) is 0 Å². The molecule has 5 heteroatoms. The molecule has 0 aromatic rings. The molecular weight excluding hydrogens is 278 g/mol. The van der Waals surface area contributed by atoms with Gasteiger partial charge in [-0.2, -0.15) is 0 Å². The Morgan fingerprint density at radius 1 is 1.14 bits per heavy atom. The van der Waals surface area contributed by atoms with Crippen molar-refractivity contribution in [1.82, 2.24) is 15.3 Å². The summed E-state index contributed by atoms with van der Waals surface area (Å²) in [4.78, 5) is 14.2. The predicted octanol–water partition coefficient (Wildman–Crippen LogP) is 3.15. The van der Waals surface area contributed by atoms with E-state index < -0.39 is 5.60 Å². The fraction of sp³-hybridized carbons (Fsp3) is 0.941. The Kier molecular flexibility index (Phi) is 5.72. The molecule has 2 heterocycles. The molecule has 2 saturated heterocycles. The molecule has 2 rings (SSSR count). The fourth-order valence-electron chi connectivity index (χ4n) is 3.55. The normalized spacial score (nSPS) is 30.6. The topological polar surface area (TPSA) is 44.8 Å². The van der Waals surface area contributed by atoms with Gasteiger partial charge in [-0.25, -0.2) is 9.80 Å². The van der Waals surface area contributed by atoms with Gasteiger partial charge < -0.3 is 9.64 Å². The van der Waals surface area contributed by atoms with E-state index in [0.29, 0.717) is 12.1 Å². The number of amides is 1. The first kappa shape index (κ1) is 17.5. The van der Waals surface area contributed by atoms with Crippen LogP contribution in [0.5, 0.6) is 0 Å². The van der Waals surface area contributed by atoms with Crippen LogP contribution in [0.2, 0.25) is 0 Å². The smallest absolute Gasteiger partial charge is 0.410 e. The van der Waals surface area contributed by atoms with Crippen molar-refractivity contribution in [2.45, 2.75) is 90.4 Å². The van der Waals surface area contributed by atoms with Crippen LogP contribution in [-0.2, 0) is 4.74 Å². The van der Waals surface area contributed by atoms with Crippen molar-refractivity contribution in [3.63, 3.8) is 0 Å². The summed E-state index contributed by atoms with van der Waals surface area (Å²) < 4.78 is 5.53. The van der Waals surface area contributed by atoms with E-state index in [4.69, 9.17) is 4.74 Å². The third kappa shape index (κ3) is 4.59. The minimum atomic E-state index is -0.423. The zero-order valence-electron chi connectivity index (χ0n) is 14.9. The lowest BCUT2D eigenvalue weighted by atomic mass is 10.00. The SMILES string of the molecule is CC1CCCC(C)N1NCC1CCCN1C(=O)OC(C)(C)C. The second kappa shape index (κ2) is 7.18. The summed E-state index contributed by atoms with van der Waals surface area (Å²) in [5.41, 5.74) is 3.17. The molecule has 3 unspecified atom stereocenters. The minimum absolute atomic E-state index is 0.170. The summed E-state index contributed by atoms with van der Waals surface area (Å²) in [6, 6.07) is 1.39. The van der Waals surface area contributed by atoms with Gasteiger partial charge in [0.25, 0.3) is 0 Å². The highest BCUT2D eigenvalue weighted by Gasteiger charge is 2.33. The number of nitrogens with one attached hydrogen (secondary N) is 1. The summed E-state index contributed by atoms with van der Waals surface area (Å²) in [5.74, 6) is 0. The van der Waals surface area contributed by atoms with Crippen LogP contribution in [0.15, 0.2) is 0 Å². The van der Waals surface area contributed by atoms with E-state index in [2.05, 4.69) is 24.3 Å². The number of carbonyl (C=O) groups excluding carboxylic acids is 1. The van der Waals surface area contributed by atoms with Gasteiger partial charge in [0.1, 0.15) is 5.60 Å². The number of likely N-dealkylation sites (tertiary alicyclic amines) is 1. The van der Waals surface area contributed by atoms with E-state index in [1.54, 1.807) is 0 Å². The molecule has 0 bridgehead atoms. The van der Waals surface area contributed by atoms with Crippen molar-refractivity contribution in [3.05, 3.63) is 0 Å². The Labute approximate surface area is 135 Å². The van der Waals surface area contributed by atoms with Gasteiger partial charge in [-0.3, -0.25) is 5.43 Å². The average Bonchev–Trinajstić information content (AvgIpc) is 2.84. The quantitative estimate of drug-likeness (QED) is 0.869. The van der Waals surface area contributed by atoms with Crippen LogP contribution in [0.4, 0.5) is 4.79 Å². The molecule has 2 fully saturated rings. The van der Waals surface area contributed by atoms with Crippen molar-refractivity contribution < 1.29 is 9.53 Å². The van der Waals surface area contributed by atoms with Crippen LogP contribution < -0.4 is 5.43 Å². The predicted molar refractivity (Wildman–Crippen MR) is 88.6 cm³/mol. The van der Waals surface area contributed by atoms with Gasteiger partial charge in [0, 0.05) is 31.2 Å². The second-order valence-electron chi connectivity index (χ2n) is 7.87. The van der Waals surface area contributed by atoms with Gasteiger partial charge >= 0.3 is 6.09 Å². The number of hydrogen-bond acceptors (Lipinski definition) is 4. The van der Waals surface area contributed by atoms with Crippen molar-refractivity contribution in [3.8, 4) is 0 Å². The van der Waals surface area contributed by atoms with Crippen LogP contribution in [0, 0.1) is 0 Å². The summed E-state index contributed by atoms with van der Waals surface area (Å²) in [7, 11) is 0. The maximum Gasteiger partial charge on any atom is 0.410 e. The molecule has 5 nitrogen and oxygen atoms in total. The summed E-state index contributed by atoms with van der Waals surface area (Å²) >= 11 is 0. The molecule has 0 spiro atoms. The standard InChI is InChI=1S/C17H33N3O2/c1-13-8-6-9-14(2)20(13)18-12-15-10-7-11-19(15)16(21)22-17(3,4)5/h13-15,18H,6-12H2,1-5H3. The van der Waals surface area contributed by atoms with E-state index >= 15 is 0 Å². The third-order valence-electron chi connectivity index (χ3n) is 4.71. The number of hydrazine groups is 1. The maximum absolute atomic E-state index is 12.3. The molecule has 0 saturated carbocycles. The summed E-state index contributed by atoms with van der Waals surface area (Å²) in [6.07, 6.45) is 5.76. The highest BCUT2D eigenvalue weighted by Crippen LogP contribution is 2.23. The number of rotatable bonds is 3. The molecular formula is C17H33N3O2. The monoisotopic (exact) mass is 311 g/mol. The molecule has 22 heavy (non-hydrogen) atoms. The van der Waals surface area contributed by atoms with Gasteiger partial charge in [0.05, 0.1) is 0 Å². The second-order valence-corrected chi connectivity index (χ2v) is 7.87. The van der Waals surface area contributed by atoms with Crippen LogP contribution in [0.1, 0.15) is 66.7 Å². The molecule has 1 N–H and O–H groups in total. The fourth-order valence-corrected chi connectivity index (χ4v) is 3.55. The van der Waals surface area contributed by atoms with Gasteiger partial charge in [-0.1, -0.05) is 6.42 Å². The van der Waals surface area contributed by atoms with Crippen molar-refractivity contribution in [1.29, 1.82) is 0 Å². The lowest BCUT2D eigenvalue weighted by molar-refractivity contribution is 0.0132. The molecule has 0 aliphatic carbocycles. The zero-order valence-corrected chi connectivity index (χ0v) is 14.9. The first-order chi connectivity index (χ1) is 10.3. The number of piperidine rings is 1. The van der Waals surface area contributed by atoms with Gasteiger partial charge in [-0.05, 0) is 60.3 Å². The van der Waals surface area contributed by atoms with Crippen LogP contribution in [-0.4, -0.2) is 52.8 Å². The van der Waals surface area contributed by atoms with Crippen LogP contribution in [0.3, 0.4) is 0 Å². The molecule has 128 valence electrons. The van der Waals surface area contributed by atoms with Crippen molar-refractivity contribution >= 4 is 6.09 Å². The molecule has 0 radical (unpaired) electrons. The molecule has 2 aliphatic rings. The third-order valence-corrected chi connectivity index (χ3v) is 4.71. The average molecular weight is 311 g/mol.